The van der Waals surface area contributed by atoms with Crippen LogP contribution in [0.5, 0.6) is 0 Å². The molecule has 2 amide bonds. The minimum atomic E-state index is -1.09. The van der Waals surface area contributed by atoms with Gasteiger partial charge in [-0.15, -0.1) is 13.2 Å². The number of amides is 2. The highest BCUT2D eigenvalue weighted by atomic mass is 16.6. The molecule has 214 valence electrons. The van der Waals surface area contributed by atoms with Crippen LogP contribution >= 0.6 is 0 Å². The van der Waals surface area contributed by atoms with Crippen molar-refractivity contribution in [1.82, 2.24) is 9.80 Å². The molecule has 3 rings (SSSR count). The van der Waals surface area contributed by atoms with E-state index < -0.39 is 41.6 Å². The van der Waals surface area contributed by atoms with Crippen molar-refractivity contribution < 1.29 is 29.0 Å². The fourth-order valence-electron chi connectivity index (χ4n) is 6.64. The number of ether oxygens (including phenoxy) is 2. The Balaban J connectivity index is 1.96. The second-order valence-electron chi connectivity index (χ2n) is 11.2. The summed E-state index contributed by atoms with van der Waals surface area (Å²) in [6.45, 7) is 14.6. The fraction of sp³-hybridized carbons (Fsp3) is 0.767. The van der Waals surface area contributed by atoms with Crippen LogP contribution in [0.1, 0.15) is 78.6 Å². The maximum absolute atomic E-state index is 14.3. The van der Waals surface area contributed by atoms with E-state index in [0.29, 0.717) is 25.9 Å². The third-order valence-corrected chi connectivity index (χ3v) is 8.83. The monoisotopic (exact) mass is 532 g/mol. The number of unbranched alkanes of at least 4 members (excludes halogenated alkanes) is 4. The maximum atomic E-state index is 14.3. The highest BCUT2D eigenvalue weighted by Crippen LogP contribution is 2.59. The van der Waals surface area contributed by atoms with Gasteiger partial charge in [-0.25, -0.2) is 0 Å². The lowest BCUT2D eigenvalue weighted by atomic mass is 9.70. The minimum Gasteiger partial charge on any atom is -0.465 e. The second kappa shape index (κ2) is 13.7. The normalized spacial score (nSPS) is 29.2. The highest BCUT2D eigenvalue weighted by molar-refractivity contribution is 5.98. The molecule has 1 N–H and O–H groups in total. The fourth-order valence-corrected chi connectivity index (χ4v) is 6.64. The van der Waals surface area contributed by atoms with Crippen molar-refractivity contribution in [2.45, 2.75) is 102 Å². The van der Waals surface area contributed by atoms with E-state index in [1.54, 1.807) is 15.9 Å². The number of aliphatic hydroxyl groups is 1. The molecule has 1 spiro atoms. The number of carbonyl (C=O) groups excluding carboxylic acids is 3. The van der Waals surface area contributed by atoms with Gasteiger partial charge in [0.25, 0.3) is 0 Å². The molecule has 38 heavy (non-hydrogen) atoms. The van der Waals surface area contributed by atoms with Crippen molar-refractivity contribution in [3.8, 4) is 0 Å². The van der Waals surface area contributed by atoms with E-state index in [2.05, 4.69) is 20.1 Å². The first-order valence-electron chi connectivity index (χ1n) is 14.6. The first-order valence-corrected chi connectivity index (χ1v) is 14.6. The van der Waals surface area contributed by atoms with E-state index >= 15 is 0 Å². The molecule has 3 aliphatic heterocycles. The number of rotatable bonds is 17. The van der Waals surface area contributed by atoms with E-state index in [-0.39, 0.29) is 30.9 Å². The van der Waals surface area contributed by atoms with E-state index in [9.17, 15) is 19.5 Å². The van der Waals surface area contributed by atoms with Crippen LogP contribution < -0.4 is 0 Å². The van der Waals surface area contributed by atoms with Gasteiger partial charge >= 0.3 is 5.97 Å². The van der Waals surface area contributed by atoms with Gasteiger partial charge in [0, 0.05) is 13.1 Å². The van der Waals surface area contributed by atoms with E-state index in [0.717, 1.165) is 44.9 Å². The summed E-state index contributed by atoms with van der Waals surface area (Å²) >= 11 is 0. The van der Waals surface area contributed by atoms with Crippen molar-refractivity contribution in [2.24, 2.45) is 17.8 Å². The summed E-state index contributed by atoms with van der Waals surface area (Å²) < 4.78 is 12.2. The number of allylic oxidation sites excluding steroid dienone is 1. The Kier molecular flexibility index (Phi) is 11.0. The number of hydrogen-bond acceptors (Lipinski definition) is 6. The first kappa shape index (κ1) is 30.4. The van der Waals surface area contributed by atoms with Crippen LogP contribution in [0.4, 0.5) is 0 Å². The number of nitrogens with zero attached hydrogens (tertiary/aromatic N) is 2. The van der Waals surface area contributed by atoms with Gasteiger partial charge in [-0.2, -0.15) is 0 Å². The van der Waals surface area contributed by atoms with Gasteiger partial charge in [-0.05, 0) is 44.4 Å². The third kappa shape index (κ3) is 5.71. The third-order valence-electron chi connectivity index (χ3n) is 8.83. The predicted molar refractivity (Wildman–Crippen MR) is 146 cm³/mol. The summed E-state index contributed by atoms with van der Waals surface area (Å²) in [7, 11) is 0. The Labute approximate surface area is 228 Å². The van der Waals surface area contributed by atoms with Crippen molar-refractivity contribution in [1.29, 1.82) is 0 Å². The van der Waals surface area contributed by atoms with Crippen molar-refractivity contribution in [3.63, 3.8) is 0 Å². The maximum Gasteiger partial charge on any atom is 0.312 e. The Morgan fingerprint density at radius 3 is 2.63 bits per heavy atom. The summed E-state index contributed by atoms with van der Waals surface area (Å²) in [5.74, 6) is -2.43. The minimum absolute atomic E-state index is 0.0325. The number of fused-ring (bicyclic) bond motifs is 1. The number of hydrogen-bond donors (Lipinski definition) is 1. The molecular formula is C30H48N2O6. The Morgan fingerprint density at radius 1 is 1.24 bits per heavy atom. The molecule has 2 bridgehead atoms. The molecule has 7 atom stereocenters. The smallest absolute Gasteiger partial charge is 0.312 e. The van der Waals surface area contributed by atoms with Crippen LogP contribution in [-0.2, 0) is 23.9 Å². The Hall–Kier alpha value is -2.19. The lowest BCUT2D eigenvalue weighted by molar-refractivity contribution is -0.157. The molecule has 0 aromatic heterocycles. The molecule has 2 unspecified atom stereocenters. The zero-order chi connectivity index (χ0) is 27.9. The molecule has 3 aliphatic rings. The standard InChI is InChI=1S/C30H48N2O6/c1-6-10-12-14-19-37-29(36)24-23-15-16-30(38-23)25(24)27(34)32(22(20-33)21(5)9-4)26(30)28(35)31(17-8-3)18-13-11-7-2/h6,8,21-26,33H,1,3,7,9-20H2,2,4-5H3/t21-,22-,23+,24-,25-,26?,30?/m0/s1. The van der Waals surface area contributed by atoms with Crippen LogP contribution in [0.3, 0.4) is 0 Å². The van der Waals surface area contributed by atoms with Gasteiger partial charge in [0.2, 0.25) is 11.8 Å². The molecule has 0 radical (unpaired) electrons. The Bertz CT molecular complexity index is 862. The Morgan fingerprint density at radius 2 is 2.00 bits per heavy atom. The van der Waals surface area contributed by atoms with E-state index in [1.165, 1.54) is 0 Å². The van der Waals surface area contributed by atoms with Gasteiger partial charge in [0.1, 0.15) is 11.6 Å². The highest BCUT2D eigenvalue weighted by Gasteiger charge is 2.75. The van der Waals surface area contributed by atoms with Gasteiger partial charge in [0.15, 0.2) is 0 Å². The lowest BCUT2D eigenvalue weighted by Crippen LogP contribution is -2.59. The van der Waals surface area contributed by atoms with Crippen molar-refractivity contribution in [2.75, 3.05) is 26.3 Å². The summed E-state index contributed by atoms with van der Waals surface area (Å²) in [6.07, 6.45) is 10.3. The molecule has 3 fully saturated rings. The molecule has 3 saturated heterocycles. The van der Waals surface area contributed by atoms with Gasteiger partial charge in [0.05, 0.1) is 37.2 Å². The topological polar surface area (TPSA) is 96.4 Å². The molecular weight excluding hydrogens is 484 g/mol. The zero-order valence-electron chi connectivity index (χ0n) is 23.6. The molecule has 8 heteroatoms. The van der Waals surface area contributed by atoms with E-state index in [4.69, 9.17) is 9.47 Å². The van der Waals surface area contributed by atoms with Gasteiger partial charge < -0.3 is 24.4 Å². The number of esters is 1. The summed E-state index contributed by atoms with van der Waals surface area (Å²) in [5.41, 5.74) is -1.09. The van der Waals surface area contributed by atoms with Crippen LogP contribution in [0.15, 0.2) is 25.3 Å². The number of carbonyl (C=O) groups is 3. The predicted octanol–water partition coefficient (Wildman–Crippen LogP) is 3.87. The van der Waals surface area contributed by atoms with Crippen molar-refractivity contribution >= 4 is 17.8 Å². The summed E-state index contributed by atoms with van der Waals surface area (Å²) in [6, 6.07) is -1.43. The molecule has 3 heterocycles. The quantitative estimate of drug-likeness (QED) is 0.174. The molecule has 0 saturated carbocycles. The molecule has 0 aromatic rings. The number of likely N-dealkylation sites (tertiary alicyclic amines) is 1. The largest absolute Gasteiger partial charge is 0.465 e. The molecule has 0 aromatic carbocycles. The van der Waals surface area contributed by atoms with Crippen LogP contribution in [0.2, 0.25) is 0 Å². The summed E-state index contributed by atoms with van der Waals surface area (Å²) in [4.78, 5) is 45.2. The second-order valence-corrected chi connectivity index (χ2v) is 11.2. The average molecular weight is 533 g/mol. The van der Waals surface area contributed by atoms with Crippen LogP contribution in [0, 0.1) is 17.8 Å². The van der Waals surface area contributed by atoms with Gasteiger partial charge in [-0.3, -0.25) is 14.4 Å². The van der Waals surface area contributed by atoms with Crippen LogP contribution in [0.25, 0.3) is 0 Å². The average Bonchev–Trinajstić information content (AvgIpc) is 3.55. The SMILES string of the molecule is C=CCCCCOC(=O)[C@@H]1[C@H]2C(=O)N([C@@H](CO)[C@@H](C)CC)C(C(=O)N(CC=C)CCCCC)C23CC[C@H]1O3. The van der Waals surface area contributed by atoms with Crippen molar-refractivity contribution in [3.05, 3.63) is 25.3 Å². The van der Waals surface area contributed by atoms with Crippen LogP contribution in [-0.4, -0.2) is 82.8 Å². The number of aliphatic hydroxyl groups excluding tert-OH is 1. The lowest BCUT2D eigenvalue weighted by Gasteiger charge is -2.41. The van der Waals surface area contributed by atoms with E-state index in [1.807, 2.05) is 19.9 Å². The summed E-state index contributed by atoms with van der Waals surface area (Å²) in [5, 5.41) is 10.4. The molecule has 0 aliphatic carbocycles. The first-order chi connectivity index (χ1) is 18.3. The molecule has 8 nitrogen and oxygen atoms in total. The van der Waals surface area contributed by atoms with Gasteiger partial charge in [-0.1, -0.05) is 52.2 Å². The zero-order valence-corrected chi connectivity index (χ0v) is 23.6.